The number of hydrogen-bond donors (Lipinski definition) is 2. The highest BCUT2D eigenvalue weighted by atomic mass is 16.6. The predicted octanol–water partition coefficient (Wildman–Crippen LogP) is 4.35. The predicted molar refractivity (Wildman–Crippen MR) is 139 cm³/mol. The molecule has 2 heterocycles. The molecule has 1 aliphatic heterocycles. The largest absolute Gasteiger partial charge is 0.334 e. The van der Waals surface area contributed by atoms with Gasteiger partial charge < -0.3 is 15.6 Å². The molecule has 0 fully saturated rings. The van der Waals surface area contributed by atoms with E-state index in [1.54, 1.807) is 12.3 Å². The number of aryl methyl sites for hydroxylation is 1. The molecule has 0 saturated heterocycles. The zero-order chi connectivity index (χ0) is 25.2. The van der Waals surface area contributed by atoms with Crippen molar-refractivity contribution in [2.75, 3.05) is 11.9 Å². The maximum absolute atomic E-state index is 13.1. The van der Waals surface area contributed by atoms with Crippen LogP contribution in [0.15, 0.2) is 84.1 Å². The number of aliphatic imine (C=N–C) groups is 1. The van der Waals surface area contributed by atoms with E-state index in [1.807, 2.05) is 66.3 Å². The molecule has 3 N–H and O–H groups in total. The number of fused-ring (bicyclic) bond motifs is 1. The van der Waals surface area contributed by atoms with E-state index in [-0.39, 0.29) is 11.6 Å². The first-order chi connectivity index (χ1) is 17.4. The van der Waals surface area contributed by atoms with Crippen molar-refractivity contribution in [1.29, 1.82) is 0 Å². The van der Waals surface area contributed by atoms with Gasteiger partial charge in [0.05, 0.1) is 16.3 Å². The molecule has 4 aromatic rings. The monoisotopic (exact) mass is 480 g/mol. The summed E-state index contributed by atoms with van der Waals surface area (Å²) in [5, 5.41) is 14.3. The first-order valence-corrected chi connectivity index (χ1v) is 11.5. The number of amides is 1. The van der Waals surface area contributed by atoms with Crippen LogP contribution in [0.25, 0.3) is 11.4 Å². The van der Waals surface area contributed by atoms with E-state index in [9.17, 15) is 14.9 Å². The fraction of sp³-hybridized carbons (Fsp3) is 0.148. The van der Waals surface area contributed by atoms with Crippen LogP contribution >= 0.6 is 0 Å². The van der Waals surface area contributed by atoms with E-state index in [0.29, 0.717) is 29.2 Å². The number of carbonyl (C=O) groups is 1. The van der Waals surface area contributed by atoms with E-state index >= 15 is 0 Å². The van der Waals surface area contributed by atoms with Crippen LogP contribution in [0.1, 0.15) is 22.6 Å². The second kappa shape index (κ2) is 9.55. The molecule has 0 bridgehead atoms. The standard InChI is InChI=1S/C27H24N6O3/c1-32-15-14-29-26(32)19-6-8-20(9-7-19)30-25(18-4-2-17(3-5-18)12-13-28)24-22-16-21(33(35)36)10-11-23(22)31-27(24)34/h2-11,14-16,24H,12-13,28H2,1H3,(H,31,34). The van der Waals surface area contributed by atoms with Crippen molar-refractivity contribution < 1.29 is 9.72 Å². The molecule has 36 heavy (non-hydrogen) atoms. The van der Waals surface area contributed by atoms with Crippen molar-refractivity contribution in [3.05, 3.63) is 106 Å². The summed E-state index contributed by atoms with van der Waals surface area (Å²) in [7, 11) is 1.93. The normalized spacial score (nSPS) is 15.0. The molecule has 1 amide bonds. The van der Waals surface area contributed by atoms with Crippen LogP contribution in [-0.4, -0.2) is 32.6 Å². The molecule has 1 aliphatic rings. The fourth-order valence-corrected chi connectivity index (χ4v) is 4.41. The lowest BCUT2D eigenvalue weighted by Crippen LogP contribution is -2.22. The third kappa shape index (κ3) is 4.39. The third-order valence-corrected chi connectivity index (χ3v) is 6.23. The summed E-state index contributed by atoms with van der Waals surface area (Å²) in [6, 6.07) is 19.7. The fourth-order valence-electron chi connectivity index (χ4n) is 4.41. The molecular formula is C27H24N6O3. The van der Waals surface area contributed by atoms with Crippen LogP contribution in [0, 0.1) is 10.1 Å². The number of nitro benzene ring substituents is 1. The number of carbonyl (C=O) groups excluding carboxylic acids is 1. The molecule has 1 atom stereocenters. The average Bonchev–Trinajstić information content (AvgIpc) is 3.45. The van der Waals surface area contributed by atoms with Crippen LogP contribution < -0.4 is 11.1 Å². The van der Waals surface area contributed by atoms with Gasteiger partial charge in [-0.15, -0.1) is 0 Å². The summed E-state index contributed by atoms with van der Waals surface area (Å²) in [4.78, 5) is 33.4. The Bertz CT molecular complexity index is 1470. The number of rotatable bonds is 7. The molecule has 0 aliphatic carbocycles. The summed E-state index contributed by atoms with van der Waals surface area (Å²) in [6.45, 7) is 0.532. The number of nitrogens with zero attached hydrogens (tertiary/aromatic N) is 4. The number of nitrogens with two attached hydrogens (primary N) is 1. The minimum absolute atomic E-state index is 0.0766. The minimum Gasteiger partial charge on any atom is -0.334 e. The highest BCUT2D eigenvalue weighted by Crippen LogP contribution is 2.38. The van der Waals surface area contributed by atoms with Gasteiger partial charge in [0.2, 0.25) is 5.91 Å². The first kappa shape index (κ1) is 23.1. The van der Waals surface area contributed by atoms with E-state index in [4.69, 9.17) is 10.7 Å². The van der Waals surface area contributed by atoms with E-state index in [2.05, 4.69) is 10.3 Å². The van der Waals surface area contributed by atoms with Crippen LogP contribution in [0.3, 0.4) is 0 Å². The molecule has 1 aromatic heterocycles. The maximum atomic E-state index is 13.1. The Morgan fingerprint density at radius 3 is 2.53 bits per heavy atom. The second-order valence-corrected chi connectivity index (χ2v) is 8.59. The lowest BCUT2D eigenvalue weighted by Gasteiger charge is -2.15. The summed E-state index contributed by atoms with van der Waals surface area (Å²) in [5.74, 6) is -0.243. The van der Waals surface area contributed by atoms with Gasteiger partial charge in [-0.3, -0.25) is 19.9 Å². The topological polar surface area (TPSA) is 128 Å². The van der Waals surface area contributed by atoms with E-state index < -0.39 is 10.8 Å². The second-order valence-electron chi connectivity index (χ2n) is 8.59. The molecule has 1 unspecified atom stereocenters. The molecule has 5 rings (SSSR count). The number of anilines is 1. The van der Waals surface area contributed by atoms with Crippen molar-refractivity contribution in [3.63, 3.8) is 0 Å². The van der Waals surface area contributed by atoms with Crippen molar-refractivity contribution >= 4 is 28.7 Å². The zero-order valence-electron chi connectivity index (χ0n) is 19.6. The van der Waals surface area contributed by atoms with Crippen molar-refractivity contribution in [1.82, 2.24) is 9.55 Å². The Kier molecular flexibility index (Phi) is 6.14. The summed E-state index contributed by atoms with van der Waals surface area (Å²) in [5.41, 5.74) is 10.6. The van der Waals surface area contributed by atoms with Gasteiger partial charge in [0.1, 0.15) is 11.7 Å². The number of imidazole rings is 1. The Hall–Kier alpha value is -4.63. The average molecular weight is 481 g/mol. The quantitative estimate of drug-likeness (QED) is 0.231. The Balaban J connectivity index is 1.60. The van der Waals surface area contributed by atoms with Gasteiger partial charge in [0, 0.05) is 48.4 Å². The smallest absolute Gasteiger partial charge is 0.269 e. The molecule has 9 nitrogen and oxygen atoms in total. The molecule has 9 heteroatoms. The van der Waals surface area contributed by atoms with Crippen molar-refractivity contribution in [2.24, 2.45) is 17.8 Å². The molecule has 0 saturated carbocycles. The van der Waals surface area contributed by atoms with Crippen LogP contribution in [-0.2, 0) is 18.3 Å². The number of aromatic nitrogens is 2. The highest BCUT2D eigenvalue weighted by molar-refractivity contribution is 6.24. The lowest BCUT2D eigenvalue weighted by molar-refractivity contribution is -0.384. The number of non-ortho nitro benzene ring substituents is 1. The van der Waals surface area contributed by atoms with Crippen molar-refractivity contribution in [2.45, 2.75) is 12.3 Å². The molecule has 0 radical (unpaired) electrons. The summed E-state index contributed by atoms with van der Waals surface area (Å²) < 4.78 is 1.93. The van der Waals surface area contributed by atoms with Gasteiger partial charge >= 0.3 is 0 Å². The minimum atomic E-state index is -0.797. The highest BCUT2D eigenvalue weighted by Gasteiger charge is 2.36. The van der Waals surface area contributed by atoms with Gasteiger partial charge in [0.25, 0.3) is 5.69 Å². The molecule has 180 valence electrons. The van der Waals surface area contributed by atoms with Crippen LogP contribution in [0.2, 0.25) is 0 Å². The number of benzene rings is 3. The Morgan fingerprint density at radius 1 is 1.14 bits per heavy atom. The van der Waals surface area contributed by atoms with Crippen molar-refractivity contribution in [3.8, 4) is 11.4 Å². The van der Waals surface area contributed by atoms with E-state index in [1.165, 1.54) is 12.1 Å². The van der Waals surface area contributed by atoms with Gasteiger partial charge in [-0.05, 0) is 54.4 Å². The SMILES string of the molecule is Cn1ccnc1-c1ccc(N=C(c2ccc(CCN)cc2)C2C(=O)Nc3ccc([N+](=O)[O-])cc32)cc1. The lowest BCUT2D eigenvalue weighted by atomic mass is 9.90. The Labute approximate surface area is 207 Å². The van der Waals surface area contributed by atoms with Gasteiger partial charge in [-0.25, -0.2) is 4.98 Å². The van der Waals surface area contributed by atoms with Gasteiger partial charge in [-0.2, -0.15) is 0 Å². The molecule has 0 spiro atoms. The van der Waals surface area contributed by atoms with Gasteiger partial charge in [0.15, 0.2) is 0 Å². The summed E-state index contributed by atoms with van der Waals surface area (Å²) >= 11 is 0. The van der Waals surface area contributed by atoms with Crippen LogP contribution in [0.5, 0.6) is 0 Å². The first-order valence-electron chi connectivity index (χ1n) is 11.5. The maximum Gasteiger partial charge on any atom is 0.269 e. The Morgan fingerprint density at radius 2 is 1.89 bits per heavy atom. The summed E-state index contributed by atoms with van der Waals surface area (Å²) in [6.07, 6.45) is 4.35. The molecular weight excluding hydrogens is 456 g/mol. The molecule has 3 aromatic carbocycles. The third-order valence-electron chi connectivity index (χ3n) is 6.23. The number of nitro groups is 1. The van der Waals surface area contributed by atoms with Crippen LogP contribution in [0.4, 0.5) is 17.1 Å². The van der Waals surface area contributed by atoms with E-state index in [0.717, 1.165) is 28.9 Å². The number of nitrogens with one attached hydrogen (secondary N) is 1. The zero-order valence-corrected chi connectivity index (χ0v) is 19.6. The van der Waals surface area contributed by atoms with Gasteiger partial charge in [-0.1, -0.05) is 24.3 Å². The number of hydrogen-bond acceptors (Lipinski definition) is 6.